The molecule has 28 heavy (non-hydrogen) atoms. The number of rotatable bonds is 4. The van der Waals surface area contributed by atoms with Crippen molar-refractivity contribution in [2.45, 2.75) is 19.8 Å². The van der Waals surface area contributed by atoms with Crippen LogP contribution in [0.1, 0.15) is 39.8 Å². The number of nitrogens with zero attached hydrogens (tertiary/aromatic N) is 3. The lowest BCUT2D eigenvalue weighted by Crippen LogP contribution is -2.36. The molecule has 6 nitrogen and oxygen atoms in total. The second-order valence-corrected chi connectivity index (χ2v) is 6.74. The summed E-state index contributed by atoms with van der Waals surface area (Å²) in [5.41, 5.74) is 3.90. The maximum absolute atomic E-state index is 13.1. The van der Waals surface area contributed by atoms with E-state index >= 15 is 0 Å². The van der Waals surface area contributed by atoms with E-state index in [4.69, 9.17) is 0 Å². The summed E-state index contributed by atoms with van der Waals surface area (Å²) in [6.45, 7) is 2.21. The molecule has 1 amide bonds. The monoisotopic (exact) mass is 372 g/mol. The summed E-state index contributed by atoms with van der Waals surface area (Å²) in [6, 6.07) is 16.8. The van der Waals surface area contributed by atoms with Gasteiger partial charge in [0.25, 0.3) is 5.91 Å². The fourth-order valence-corrected chi connectivity index (χ4v) is 3.36. The van der Waals surface area contributed by atoms with Gasteiger partial charge in [-0.05, 0) is 55.7 Å². The number of amides is 1. The molecule has 3 aromatic rings. The molecule has 2 heterocycles. The molecular weight excluding hydrogens is 352 g/mol. The molecule has 0 spiro atoms. The Morgan fingerprint density at radius 1 is 1.04 bits per heavy atom. The normalized spacial score (nSPS) is 13.0. The predicted octanol–water partition coefficient (Wildman–Crippen LogP) is 4.02. The van der Waals surface area contributed by atoms with E-state index in [0.29, 0.717) is 23.6 Å². The molecule has 1 aliphatic rings. The fraction of sp³-hybridized carbons (Fsp3) is 0.182. The van der Waals surface area contributed by atoms with Crippen molar-refractivity contribution in [1.82, 2.24) is 9.97 Å². The maximum atomic E-state index is 13.1. The Morgan fingerprint density at radius 2 is 1.82 bits per heavy atom. The number of fused-ring (bicyclic) bond motifs is 1. The summed E-state index contributed by atoms with van der Waals surface area (Å²) >= 11 is 0. The van der Waals surface area contributed by atoms with E-state index in [1.165, 1.54) is 18.8 Å². The fourth-order valence-electron chi connectivity index (χ4n) is 3.36. The van der Waals surface area contributed by atoms with E-state index in [-0.39, 0.29) is 11.7 Å². The Balaban J connectivity index is 1.55. The standard InChI is InChI=1S/C22H20N4O2/c1-15(27)16-8-10-18(11-9-16)25-21-13-19(23-14-24-21)22(28)26-12-4-6-17-5-2-3-7-20(17)26/h2-3,5,7-11,13-14H,4,6,12H2,1H3,(H,23,24,25). The van der Waals surface area contributed by atoms with Crippen molar-refractivity contribution in [2.24, 2.45) is 0 Å². The average Bonchev–Trinajstić information content (AvgIpc) is 2.73. The minimum absolute atomic E-state index is 0.0169. The highest BCUT2D eigenvalue weighted by Crippen LogP contribution is 2.28. The third kappa shape index (κ3) is 3.62. The quantitative estimate of drug-likeness (QED) is 0.700. The number of anilines is 3. The summed E-state index contributed by atoms with van der Waals surface area (Å²) in [7, 11) is 0. The Hall–Kier alpha value is -3.54. The van der Waals surface area contributed by atoms with Crippen LogP contribution in [-0.2, 0) is 6.42 Å². The number of ketones is 1. The number of aromatic nitrogens is 2. The van der Waals surface area contributed by atoms with E-state index in [2.05, 4.69) is 21.4 Å². The zero-order chi connectivity index (χ0) is 19.5. The zero-order valence-electron chi connectivity index (χ0n) is 15.6. The number of nitrogens with one attached hydrogen (secondary N) is 1. The van der Waals surface area contributed by atoms with Gasteiger partial charge in [-0.1, -0.05) is 18.2 Å². The van der Waals surface area contributed by atoms with Crippen molar-refractivity contribution >= 4 is 28.9 Å². The van der Waals surface area contributed by atoms with Gasteiger partial charge in [0, 0.05) is 29.5 Å². The first-order valence-electron chi connectivity index (χ1n) is 9.21. The molecule has 0 fully saturated rings. The molecule has 0 radical (unpaired) electrons. The Bertz CT molecular complexity index is 1030. The molecule has 1 aromatic heterocycles. The highest BCUT2D eigenvalue weighted by molar-refractivity contribution is 6.05. The van der Waals surface area contributed by atoms with Gasteiger partial charge in [-0.3, -0.25) is 9.59 Å². The van der Waals surface area contributed by atoms with Crippen LogP contribution in [0.2, 0.25) is 0 Å². The highest BCUT2D eigenvalue weighted by atomic mass is 16.2. The molecule has 0 bridgehead atoms. The second kappa shape index (κ2) is 7.60. The molecule has 6 heteroatoms. The van der Waals surface area contributed by atoms with Crippen molar-refractivity contribution < 1.29 is 9.59 Å². The van der Waals surface area contributed by atoms with Crippen LogP contribution in [0.3, 0.4) is 0 Å². The van der Waals surface area contributed by atoms with E-state index in [1.807, 2.05) is 18.2 Å². The van der Waals surface area contributed by atoms with Gasteiger partial charge >= 0.3 is 0 Å². The number of hydrogen-bond donors (Lipinski definition) is 1. The van der Waals surface area contributed by atoms with E-state index < -0.39 is 0 Å². The molecule has 2 aromatic carbocycles. The molecule has 0 saturated heterocycles. The lowest BCUT2D eigenvalue weighted by Gasteiger charge is -2.29. The molecule has 0 unspecified atom stereocenters. The Kier molecular flexibility index (Phi) is 4.85. The minimum atomic E-state index is -0.135. The molecule has 1 aliphatic heterocycles. The lowest BCUT2D eigenvalue weighted by atomic mass is 10.0. The van der Waals surface area contributed by atoms with E-state index in [0.717, 1.165) is 24.2 Å². The summed E-state index contributed by atoms with van der Waals surface area (Å²) < 4.78 is 0. The average molecular weight is 372 g/mol. The number of para-hydroxylation sites is 1. The van der Waals surface area contributed by atoms with Crippen molar-refractivity contribution in [2.75, 3.05) is 16.8 Å². The van der Waals surface area contributed by atoms with Crippen LogP contribution in [0, 0.1) is 0 Å². The zero-order valence-corrected chi connectivity index (χ0v) is 15.6. The number of carbonyl (C=O) groups excluding carboxylic acids is 2. The van der Waals surface area contributed by atoms with Crippen molar-refractivity contribution in [3.63, 3.8) is 0 Å². The number of aryl methyl sites for hydroxylation is 1. The largest absolute Gasteiger partial charge is 0.340 e. The predicted molar refractivity (Wildman–Crippen MR) is 108 cm³/mol. The van der Waals surface area contributed by atoms with Gasteiger partial charge in [-0.2, -0.15) is 0 Å². The molecule has 4 rings (SSSR count). The third-order valence-electron chi connectivity index (χ3n) is 4.81. The first-order chi connectivity index (χ1) is 13.6. The summed E-state index contributed by atoms with van der Waals surface area (Å²) in [4.78, 5) is 34.6. The summed E-state index contributed by atoms with van der Waals surface area (Å²) in [6.07, 6.45) is 3.30. The number of benzene rings is 2. The van der Waals surface area contributed by atoms with Gasteiger partial charge in [-0.15, -0.1) is 0 Å². The Morgan fingerprint density at radius 3 is 2.61 bits per heavy atom. The van der Waals surface area contributed by atoms with Gasteiger partial charge in [-0.25, -0.2) is 9.97 Å². The van der Waals surface area contributed by atoms with Crippen LogP contribution in [0.4, 0.5) is 17.2 Å². The smallest absolute Gasteiger partial charge is 0.277 e. The molecule has 0 aliphatic carbocycles. The number of hydrogen-bond acceptors (Lipinski definition) is 5. The van der Waals surface area contributed by atoms with Gasteiger partial charge < -0.3 is 10.2 Å². The first kappa shape index (κ1) is 17.9. The van der Waals surface area contributed by atoms with Gasteiger partial charge in [0.05, 0.1) is 0 Å². The summed E-state index contributed by atoms with van der Waals surface area (Å²) in [5.74, 6) is 0.409. The van der Waals surface area contributed by atoms with Crippen LogP contribution >= 0.6 is 0 Å². The molecule has 0 atom stereocenters. The van der Waals surface area contributed by atoms with Crippen molar-refractivity contribution in [3.05, 3.63) is 77.7 Å². The van der Waals surface area contributed by atoms with E-state index in [1.54, 1.807) is 35.2 Å². The topological polar surface area (TPSA) is 75.2 Å². The van der Waals surface area contributed by atoms with Crippen LogP contribution < -0.4 is 10.2 Å². The van der Waals surface area contributed by atoms with Crippen LogP contribution in [0.5, 0.6) is 0 Å². The number of Topliss-reactive ketones (excluding diaryl/α,β-unsaturated/α-hetero) is 1. The van der Waals surface area contributed by atoms with Gasteiger partial charge in [0.1, 0.15) is 17.8 Å². The van der Waals surface area contributed by atoms with Crippen LogP contribution in [0.15, 0.2) is 60.9 Å². The van der Waals surface area contributed by atoms with E-state index in [9.17, 15) is 9.59 Å². The lowest BCUT2D eigenvalue weighted by molar-refractivity contribution is 0.0978. The van der Waals surface area contributed by atoms with Gasteiger partial charge in [0.15, 0.2) is 5.78 Å². The van der Waals surface area contributed by atoms with Crippen LogP contribution in [0.25, 0.3) is 0 Å². The Labute approximate surface area is 163 Å². The number of carbonyl (C=O) groups is 2. The van der Waals surface area contributed by atoms with Crippen molar-refractivity contribution in [3.8, 4) is 0 Å². The SMILES string of the molecule is CC(=O)c1ccc(Nc2cc(C(=O)N3CCCc4ccccc43)ncn2)cc1. The minimum Gasteiger partial charge on any atom is -0.340 e. The molecule has 140 valence electrons. The first-order valence-corrected chi connectivity index (χ1v) is 9.21. The third-order valence-corrected chi connectivity index (χ3v) is 4.81. The molecule has 1 N–H and O–H groups in total. The van der Waals surface area contributed by atoms with Crippen LogP contribution in [-0.4, -0.2) is 28.2 Å². The summed E-state index contributed by atoms with van der Waals surface area (Å²) in [5, 5.41) is 3.15. The molecular formula is C22H20N4O2. The van der Waals surface area contributed by atoms with Gasteiger partial charge in [0.2, 0.25) is 0 Å². The molecule has 0 saturated carbocycles. The second-order valence-electron chi connectivity index (χ2n) is 6.74. The maximum Gasteiger partial charge on any atom is 0.277 e. The van der Waals surface area contributed by atoms with Crippen molar-refractivity contribution in [1.29, 1.82) is 0 Å². The highest BCUT2D eigenvalue weighted by Gasteiger charge is 2.24.